The van der Waals surface area contributed by atoms with E-state index in [-0.39, 0.29) is 12.2 Å². The third-order valence-corrected chi connectivity index (χ3v) is 6.21. The number of benzene rings is 1. The first-order chi connectivity index (χ1) is 14.8. The van der Waals surface area contributed by atoms with E-state index in [0.717, 1.165) is 29.7 Å². The molecule has 1 unspecified atom stereocenters. The number of amides is 1. The molecule has 0 spiro atoms. The molecule has 0 aliphatic heterocycles. The Balaban J connectivity index is 1.69. The Kier molecular flexibility index (Phi) is 7.17. The van der Waals surface area contributed by atoms with Gasteiger partial charge in [0.15, 0.2) is 6.61 Å². The molecule has 1 heterocycles. The predicted molar refractivity (Wildman–Crippen MR) is 118 cm³/mol. The Morgan fingerprint density at radius 1 is 1.23 bits per heavy atom. The van der Waals surface area contributed by atoms with Crippen LogP contribution in [0.15, 0.2) is 18.2 Å². The molecule has 2 aromatic rings. The molecule has 3 N–H and O–H groups in total. The summed E-state index contributed by atoms with van der Waals surface area (Å²) < 4.78 is 15.4. The summed E-state index contributed by atoms with van der Waals surface area (Å²) >= 11 is 1.38. The molecule has 9 heteroatoms. The monoisotopic (exact) mass is 446 g/mol. The summed E-state index contributed by atoms with van der Waals surface area (Å²) in [6.45, 7) is 3.65. The van der Waals surface area contributed by atoms with Gasteiger partial charge in [-0.3, -0.25) is 4.79 Å². The lowest BCUT2D eigenvalue weighted by Gasteiger charge is -2.18. The van der Waals surface area contributed by atoms with E-state index >= 15 is 0 Å². The summed E-state index contributed by atoms with van der Waals surface area (Å²) in [7, 11) is 1.47. The lowest BCUT2D eigenvalue weighted by atomic mass is 9.88. The van der Waals surface area contributed by atoms with Crippen molar-refractivity contribution in [2.24, 2.45) is 5.92 Å². The number of esters is 2. The molecular formula is C22H26N2O6S. The molecule has 0 fully saturated rings. The summed E-state index contributed by atoms with van der Waals surface area (Å²) in [5, 5.41) is 3.15. The third-order valence-electron chi connectivity index (χ3n) is 5.04. The van der Waals surface area contributed by atoms with Crippen LogP contribution >= 0.6 is 11.3 Å². The largest absolute Gasteiger partial charge is 0.495 e. The van der Waals surface area contributed by atoms with Gasteiger partial charge in [0.2, 0.25) is 0 Å². The summed E-state index contributed by atoms with van der Waals surface area (Å²) in [6.07, 6.45) is 2.60. The van der Waals surface area contributed by atoms with Gasteiger partial charge in [0.1, 0.15) is 10.8 Å². The van der Waals surface area contributed by atoms with Gasteiger partial charge in [0, 0.05) is 4.88 Å². The first-order valence-corrected chi connectivity index (χ1v) is 10.9. The second-order valence-corrected chi connectivity index (χ2v) is 8.46. The number of ether oxygens (including phenoxy) is 3. The Morgan fingerprint density at radius 2 is 2.00 bits per heavy atom. The zero-order valence-corrected chi connectivity index (χ0v) is 18.6. The molecule has 1 aliphatic carbocycles. The molecule has 0 saturated heterocycles. The van der Waals surface area contributed by atoms with Crippen molar-refractivity contribution in [3.05, 3.63) is 39.8 Å². The molecule has 1 aromatic carbocycles. The number of anilines is 2. The zero-order chi connectivity index (χ0) is 22.5. The smallest absolute Gasteiger partial charge is 0.341 e. The minimum Gasteiger partial charge on any atom is -0.495 e. The average Bonchev–Trinajstić information content (AvgIpc) is 3.08. The SMILES string of the molecule is CCOC(=O)c1c(NC(=O)COC(=O)c2ccc(OC)c(N)c2)sc2c1CCC(C)C2. The molecule has 0 radical (unpaired) electrons. The van der Waals surface area contributed by atoms with Crippen LogP contribution in [0.2, 0.25) is 0 Å². The molecule has 0 bridgehead atoms. The number of carbonyl (C=O) groups excluding carboxylic acids is 3. The molecule has 0 saturated carbocycles. The summed E-state index contributed by atoms with van der Waals surface area (Å²) in [5.41, 5.74) is 7.66. The van der Waals surface area contributed by atoms with Crippen LogP contribution in [0.1, 0.15) is 51.4 Å². The van der Waals surface area contributed by atoms with E-state index in [1.54, 1.807) is 13.0 Å². The van der Waals surface area contributed by atoms with E-state index in [1.165, 1.54) is 30.6 Å². The number of thiophene rings is 1. The maximum Gasteiger partial charge on any atom is 0.341 e. The fourth-order valence-electron chi connectivity index (χ4n) is 3.50. The normalized spacial score (nSPS) is 15.0. The van der Waals surface area contributed by atoms with Gasteiger partial charge in [-0.1, -0.05) is 6.92 Å². The molecule has 1 aromatic heterocycles. The number of carbonyl (C=O) groups is 3. The van der Waals surface area contributed by atoms with Crippen LogP contribution in [0.25, 0.3) is 0 Å². The third kappa shape index (κ3) is 5.16. The molecule has 1 atom stereocenters. The van der Waals surface area contributed by atoms with Crippen molar-refractivity contribution in [2.75, 3.05) is 31.4 Å². The van der Waals surface area contributed by atoms with Crippen molar-refractivity contribution in [1.82, 2.24) is 0 Å². The summed E-state index contributed by atoms with van der Waals surface area (Å²) in [4.78, 5) is 38.3. The molecular weight excluding hydrogens is 420 g/mol. The van der Waals surface area contributed by atoms with Gasteiger partial charge in [-0.15, -0.1) is 11.3 Å². The summed E-state index contributed by atoms with van der Waals surface area (Å²) in [5.74, 6) is -0.712. The quantitative estimate of drug-likeness (QED) is 0.494. The number of nitrogen functional groups attached to an aromatic ring is 1. The number of methoxy groups -OCH3 is 1. The van der Waals surface area contributed by atoms with Crippen LogP contribution in [0.3, 0.4) is 0 Å². The first kappa shape index (κ1) is 22.6. The highest BCUT2D eigenvalue weighted by Gasteiger charge is 2.29. The number of rotatable bonds is 7. The Bertz CT molecular complexity index is 1000. The summed E-state index contributed by atoms with van der Waals surface area (Å²) in [6, 6.07) is 4.48. The lowest BCUT2D eigenvalue weighted by Crippen LogP contribution is -2.22. The van der Waals surface area contributed by atoms with Crippen molar-refractivity contribution in [3.8, 4) is 5.75 Å². The van der Waals surface area contributed by atoms with Gasteiger partial charge in [0.25, 0.3) is 5.91 Å². The average molecular weight is 447 g/mol. The van der Waals surface area contributed by atoms with Gasteiger partial charge in [-0.2, -0.15) is 0 Å². The number of fused-ring (bicyclic) bond motifs is 1. The van der Waals surface area contributed by atoms with E-state index < -0.39 is 24.5 Å². The fourth-order valence-corrected chi connectivity index (χ4v) is 4.91. The van der Waals surface area contributed by atoms with Crippen LogP contribution in [0.4, 0.5) is 10.7 Å². The second kappa shape index (κ2) is 9.82. The number of hydrogen-bond donors (Lipinski definition) is 2. The highest BCUT2D eigenvalue weighted by atomic mass is 32.1. The number of nitrogens with two attached hydrogens (primary N) is 1. The van der Waals surface area contributed by atoms with Crippen LogP contribution in [0, 0.1) is 5.92 Å². The topological polar surface area (TPSA) is 117 Å². The molecule has 3 rings (SSSR count). The predicted octanol–water partition coefficient (Wildman–Crippen LogP) is 3.44. The van der Waals surface area contributed by atoms with Crippen molar-refractivity contribution < 1.29 is 28.6 Å². The van der Waals surface area contributed by atoms with E-state index in [2.05, 4.69) is 12.2 Å². The van der Waals surface area contributed by atoms with E-state index in [0.29, 0.717) is 27.9 Å². The van der Waals surface area contributed by atoms with Gasteiger partial charge >= 0.3 is 11.9 Å². The number of hydrogen-bond acceptors (Lipinski definition) is 8. The zero-order valence-electron chi connectivity index (χ0n) is 17.8. The molecule has 166 valence electrons. The van der Waals surface area contributed by atoms with Gasteiger partial charge in [-0.25, -0.2) is 9.59 Å². The van der Waals surface area contributed by atoms with Gasteiger partial charge in [0.05, 0.1) is 30.5 Å². The molecule has 31 heavy (non-hydrogen) atoms. The Labute approximate surface area is 184 Å². The lowest BCUT2D eigenvalue weighted by molar-refractivity contribution is -0.119. The maximum absolute atomic E-state index is 12.5. The Hall–Kier alpha value is -3.07. The standard InChI is InChI=1S/C22H26N2O6S/c1-4-29-22(27)19-14-7-5-12(2)9-17(14)31-20(19)24-18(25)11-30-21(26)13-6-8-16(28-3)15(23)10-13/h6,8,10,12H,4-5,7,9,11,23H2,1-3H3,(H,24,25). The van der Waals surface area contributed by atoms with Gasteiger partial charge in [-0.05, 0) is 55.9 Å². The second-order valence-electron chi connectivity index (χ2n) is 7.36. The van der Waals surface area contributed by atoms with Crippen LogP contribution in [0.5, 0.6) is 5.75 Å². The molecule has 8 nitrogen and oxygen atoms in total. The van der Waals surface area contributed by atoms with E-state index in [1.807, 2.05) is 0 Å². The van der Waals surface area contributed by atoms with Crippen molar-refractivity contribution in [1.29, 1.82) is 0 Å². The molecule has 1 amide bonds. The van der Waals surface area contributed by atoms with E-state index in [9.17, 15) is 14.4 Å². The molecule has 1 aliphatic rings. The minimum absolute atomic E-state index is 0.207. The highest BCUT2D eigenvalue weighted by molar-refractivity contribution is 7.17. The maximum atomic E-state index is 12.5. The van der Waals surface area contributed by atoms with Crippen molar-refractivity contribution in [2.45, 2.75) is 33.1 Å². The highest BCUT2D eigenvalue weighted by Crippen LogP contribution is 2.40. The van der Waals surface area contributed by atoms with Crippen LogP contribution in [-0.4, -0.2) is 38.2 Å². The van der Waals surface area contributed by atoms with Gasteiger partial charge < -0.3 is 25.3 Å². The van der Waals surface area contributed by atoms with Crippen molar-refractivity contribution in [3.63, 3.8) is 0 Å². The van der Waals surface area contributed by atoms with Crippen LogP contribution in [-0.2, 0) is 27.1 Å². The van der Waals surface area contributed by atoms with Crippen molar-refractivity contribution >= 4 is 39.9 Å². The fraction of sp³-hybridized carbons (Fsp3) is 0.409. The Morgan fingerprint density at radius 3 is 2.68 bits per heavy atom. The van der Waals surface area contributed by atoms with E-state index in [4.69, 9.17) is 19.9 Å². The minimum atomic E-state index is -0.686. The number of nitrogens with one attached hydrogen (secondary N) is 1. The van der Waals surface area contributed by atoms with Crippen LogP contribution < -0.4 is 15.8 Å². The first-order valence-electron chi connectivity index (χ1n) is 10.1.